The predicted octanol–water partition coefficient (Wildman–Crippen LogP) is 3.58. The van der Waals surface area contributed by atoms with Crippen molar-refractivity contribution in [3.05, 3.63) is 51.1 Å². The van der Waals surface area contributed by atoms with Crippen LogP contribution in [0, 0.1) is 0 Å². The van der Waals surface area contributed by atoms with E-state index in [0.717, 1.165) is 0 Å². The van der Waals surface area contributed by atoms with E-state index in [1.807, 2.05) is 0 Å². The highest BCUT2D eigenvalue weighted by atomic mass is 35.5. The van der Waals surface area contributed by atoms with Crippen LogP contribution in [-0.4, -0.2) is 10.9 Å². The first-order valence-electron chi connectivity index (χ1n) is 5.41. The SMILES string of the molecule is NNc1ccc(Cl)c(C(=O)Nc2cccc(Cl)c2Cl)n1. The second-order valence-corrected chi connectivity index (χ2v) is 4.92. The first-order chi connectivity index (χ1) is 9.52. The molecule has 0 bridgehead atoms. The Morgan fingerprint density at radius 3 is 2.55 bits per heavy atom. The number of hydrogen-bond donors (Lipinski definition) is 3. The van der Waals surface area contributed by atoms with Gasteiger partial charge in [-0.2, -0.15) is 0 Å². The number of halogens is 3. The molecule has 0 aliphatic rings. The minimum atomic E-state index is -0.517. The van der Waals surface area contributed by atoms with E-state index in [4.69, 9.17) is 40.6 Å². The number of nitrogens with zero attached hydrogens (tertiary/aromatic N) is 1. The number of amides is 1. The molecule has 0 spiro atoms. The normalized spacial score (nSPS) is 10.2. The van der Waals surface area contributed by atoms with Crippen LogP contribution >= 0.6 is 34.8 Å². The summed E-state index contributed by atoms with van der Waals surface area (Å²) in [6.07, 6.45) is 0. The summed E-state index contributed by atoms with van der Waals surface area (Å²) in [6, 6.07) is 7.95. The molecule has 104 valence electrons. The van der Waals surface area contributed by atoms with Gasteiger partial charge in [0.15, 0.2) is 0 Å². The Hall–Kier alpha value is -1.53. The third-order valence-electron chi connectivity index (χ3n) is 2.41. The Morgan fingerprint density at radius 2 is 1.85 bits per heavy atom. The third-order valence-corrected chi connectivity index (χ3v) is 3.53. The molecule has 5 nitrogen and oxygen atoms in total. The number of hydrogen-bond acceptors (Lipinski definition) is 4. The van der Waals surface area contributed by atoms with Crippen molar-refractivity contribution in [2.24, 2.45) is 5.84 Å². The van der Waals surface area contributed by atoms with Gasteiger partial charge in [0, 0.05) is 0 Å². The van der Waals surface area contributed by atoms with E-state index in [9.17, 15) is 4.79 Å². The number of nitrogen functional groups attached to an aromatic ring is 1. The number of nitrogens with two attached hydrogens (primary N) is 1. The standard InChI is InChI=1S/C12H9Cl3N4O/c13-6-2-1-3-8(10(6)15)17-12(20)11-7(14)4-5-9(18-11)19-16/h1-5H,16H2,(H,17,20)(H,18,19). The van der Waals surface area contributed by atoms with Gasteiger partial charge in [0.05, 0.1) is 20.8 Å². The van der Waals surface area contributed by atoms with Gasteiger partial charge in [0.2, 0.25) is 0 Å². The number of pyridine rings is 1. The largest absolute Gasteiger partial charge is 0.319 e. The van der Waals surface area contributed by atoms with E-state index in [0.29, 0.717) is 16.5 Å². The van der Waals surface area contributed by atoms with Crippen molar-refractivity contribution in [2.75, 3.05) is 10.7 Å². The molecule has 1 aromatic heterocycles. The lowest BCUT2D eigenvalue weighted by atomic mass is 10.3. The molecular formula is C12H9Cl3N4O. The number of aromatic nitrogens is 1. The van der Waals surface area contributed by atoms with E-state index in [-0.39, 0.29) is 15.7 Å². The first kappa shape index (κ1) is 14.9. The summed E-state index contributed by atoms with van der Waals surface area (Å²) in [5.41, 5.74) is 2.73. The molecule has 0 radical (unpaired) electrons. The minimum absolute atomic E-state index is 0.0261. The Kier molecular flexibility index (Phi) is 4.67. The molecule has 1 amide bonds. The molecule has 0 fully saturated rings. The first-order valence-corrected chi connectivity index (χ1v) is 6.55. The number of carbonyl (C=O) groups is 1. The molecule has 0 unspecified atom stereocenters. The van der Waals surface area contributed by atoms with Gasteiger partial charge in [-0.05, 0) is 24.3 Å². The number of benzene rings is 1. The van der Waals surface area contributed by atoms with Crippen LogP contribution in [0.15, 0.2) is 30.3 Å². The molecule has 0 atom stereocenters. The van der Waals surface area contributed by atoms with Crippen LogP contribution < -0.4 is 16.6 Å². The van der Waals surface area contributed by atoms with Gasteiger partial charge in [-0.15, -0.1) is 0 Å². The van der Waals surface area contributed by atoms with Gasteiger partial charge in [-0.25, -0.2) is 10.8 Å². The lowest BCUT2D eigenvalue weighted by Gasteiger charge is -2.09. The van der Waals surface area contributed by atoms with E-state index in [1.54, 1.807) is 24.3 Å². The fraction of sp³-hybridized carbons (Fsp3) is 0. The topological polar surface area (TPSA) is 80.0 Å². The predicted molar refractivity (Wildman–Crippen MR) is 81.5 cm³/mol. The van der Waals surface area contributed by atoms with Crippen LogP contribution in [0.2, 0.25) is 15.1 Å². The molecule has 20 heavy (non-hydrogen) atoms. The second-order valence-electron chi connectivity index (χ2n) is 3.73. The lowest BCUT2D eigenvalue weighted by Crippen LogP contribution is -2.17. The molecular weight excluding hydrogens is 323 g/mol. The van der Waals surface area contributed by atoms with Gasteiger partial charge in [-0.3, -0.25) is 4.79 Å². The molecule has 8 heteroatoms. The number of anilines is 2. The number of nitrogens with one attached hydrogen (secondary N) is 2. The smallest absolute Gasteiger partial charge is 0.275 e. The summed E-state index contributed by atoms with van der Waals surface area (Å²) in [7, 11) is 0. The Balaban J connectivity index is 2.30. The zero-order valence-electron chi connectivity index (χ0n) is 9.95. The van der Waals surface area contributed by atoms with Gasteiger partial charge in [0.1, 0.15) is 11.5 Å². The van der Waals surface area contributed by atoms with Crippen molar-refractivity contribution in [2.45, 2.75) is 0 Å². The molecule has 4 N–H and O–H groups in total. The summed E-state index contributed by atoms with van der Waals surface area (Å²) < 4.78 is 0. The summed E-state index contributed by atoms with van der Waals surface area (Å²) in [5.74, 6) is 5.04. The van der Waals surface area contributed by atoms with Crippen LogP contribution in [-0.2, 0) is 0 Å². The van der Waals surface area contributed by atoms with Gasteiger partial charge in [-0.1, -0.05) is 40.9 Å². The lowest BCUT2D eigenvalue weighted by molar-refractivity contribution is 0.102. The van der Waals surface area contributed by atoms with Crippen molar-refractivity contribution in [3.8, 4) is 0 Å². The van der Waals surface area contributed by atoms with Crippen LogP contribution in [0.25, 0.3) is 0 Å². The maximum absolute atomic E-state index is 12.1. The van der Waals surface area contributed by atoms with Crippen LogP contribution in [0.3, 0.4) is 0 Å². The summed E-state index contributed by atoms with van der Waals surface area (Å²) in [5, 5.41) is 3.36. The summed E-state index contributed by atoms with van der Waals surface area (Å²) >= 11 is 17.8. The molecule has 0 aliphatic carbocycles. The van der Waals surface area contributed by atoms with Crippen molar-refractivity contribution in [1.82, 2.24) is 4.98 Å². The van der Waals surface area contributed by atoms with Gasteiger partial charge < -0.3 is 10.7 Å². The average Bonchev–Trinajstić information content (AvgIpc) is 2.44. The fourth-order valence-electron chi connectivity index (χ4n) is 1.46. The zero-order valence-corrected chi connectivity index (χ0v) is 12.2. The van der Waals surface area contributed by atoms with Crippen LogP contribution in [0.5, 0.6) is 0 Å². The van der Waals surface area contributed by atoms with E-state index in [1.165, 1.54) is 6.07 Å². The number of carbonyl (C=O) groups excluding carboxylic acids is 1. The van der Waals surface area contributed by atoms with E-state index < -0.39 is 5.91 Å². The minimum Gasteiger partial charge on any atom is -0.319 e. The molecule has 1 aromatic carbocycles. The molecule has 2 aromatic rings. The van der Waals surface area contributed by atoms with Crippen molar-refractivity contribution < 1.29 is 4.79 Å². The quantitative estimate of drug-likeness (QED) is 0.593. The maximum atomic E-state index is 12.1. The monoisotopic (exact) mass is 330 g/mol. The fourth-order valence-corrected chi connectivity index (χ4v) is 2.00. The van der Waals surface area contributed by atoms with Crippen LogP contribution in [0.4, 0.5) is 11.5 Å². The second kappa shape index (κ2) is 6.28. The highest BCUT2D eigenvalue weighted by Gasteiger charge is 2.15. The van der Waals surface area contributed by atoms with E-state index in [2.05, 4.69) is 15.7 Å². The highest BCUT2D eigenvalue weighted by molar-refractivity contribution is 6.44. The molecule has 1 heterocycles. The summed E-state index contributed by atoms with van der Waals surface area (Å²) in [6.45, 7) is 0. The molecule has 2 rings (SSSR count). The highest BCUT2D eigenvalue weighted by Crippen LogP contribution is 2.30. The Bertz CT molecular complexity index is 663. The molecule has 0 saturated heterocycles. The van der Waals surface area contributed by atoms with Crippen molar-refractivity contribution in [3.63, 3.8) is 0 Å². The van der Waals surface area contributed by atoms with Gasteiger partial charge >= 0.3 is 0 Å². The molecule has 0 saturated carbocycles. The summed E-state index contributed by atoms with van der Waals surface area (Å²) in [4.78, 5) is 16.1. The van der Waals surface area contributed by atoms with Crippen molar-refractivity contribution in [1.29, 1.82) is 0 Å². The number of rotatable bonds is 3. The number of hydrazine groups is 1. The maximum Gasteiger partial charge on any atom is 0.275 e. The Morgan fingerprint density at radius 1 is 1.10 bits per heavy atom. The average molecular weight is 332 g/mol. The van der Waals surface area contributed by atoms with Crippen molar-refractivity contribution >= 4 is 52.2 Å². The Labute approximate surface area is 130 Å². The zero-order chi connectivity index (χ0) is 14.7. The third kappa shape index (κ3) is 3.13. The molecule has 0 aliphatic heterocycles. The van der Waals surface area contributed by atoms with Gasteiger partial charge in [0.25, 0.3) is 5.91 Å². The van der Waals surface area contributed by atoms with E-state index >= 15 is 0 Å². The van der Waals surface area contributed by atoms with Crippen LogP contribution in [0.1, 0.15) is 10.5 Å².